The third kappa shape index (κ3) is 3.95. The van der Waals surface area contributed by atoms with E-state index in [2.05, 4.69) is 9.72 Å². The van der Waals surface area contributed by atoms with Gasteiger partial charge in [-0.25, -0.2) is 35.8 Å². The van der Waals surface area contributed by atoms with E-state index in [4.69, 9.17) is 0 Å². The lowest BCUT2D eigenvalue weighted by Crippen LogP contribution is -2.29. The van der Waals surface area contributed by atoms with Gasteiger partial charge in [-0.15, -0.1) is 0 Å². The van der Waals surface area contributed by atoms with Crippen molar-refractivity contribution in [3.8, 4) is 11.3 Å². The number of halogens is 4. The number of nitrogens with zero attached hydrogens (tertiary/aromatic N) is 2. The predicted molar refractivity (Wildman–Crippen MR) is 111 cm³/mol. The molecule has 0 bridgehead atoms. The lowest BCUT2D eigenvalue weighted by molar-refractivity contribution is 0.0601. The summed E-state index contributed by atoms with van der Waals surface area (Å²) in [5.41, 5.74) is -1.30. The van der Waals surface area contributed by atoms with Gasteiger partial charge in [-0.2, -0.15) is 4.31 Å². The molecule has 0 amide bonds. The van der Waals surface area contributed by atoms with Crippen molar-refractivity contribution in [2.24, 2.45) is 0 Å². The first-order chi connectivity index (χ1) is 15.5. The number of hydrogen-bond acceptors (Lipinski definition) is 5. The second kappa shape index (κ2) is 8.38. The summed E-state index contributed by atoms with van der Waals surface area (Å²) in [5, 5.41) is 0.318. The van der Waals surface area contributed by atoms with Gasteiger partial charge in [0.2, 0.25) is 10.0 Å². The first-order valence-electron chi connectivity index (χ1n) is 9.86. The molecule has 4 rings (SSSR count). The molecule has 33 heavy (non-hydrogen) atoms. The van der Waals surface area contributed by atoms with E-state index in [9.17, 15) is 26.4 Å². The molecule has 1 aromatic heterocycles. The molecular weight excluding hydrogens is 464 g/mol. The highest BCUT2D eigenvalue weighted by Gasteiger charge is 2.34. The van der Waals surface area contributed by atoms with Crippen molar-refractivity contribution >= 4 is 26.9 Å². The van der Waals surface area contributed by atoms with Gasteiger partial charge in [0.25, 0.3) is 0 Å². The molecule has 1 aliphatic heterocycles. The molecule has 0 N–H and O–H groups in total. The van der Waals surface area contributed by atoms with E-state index in [1.54, 1.807) is 0 Å². The zero-order valence-electron chi connectivity index (χ0n) is 17.5. The molecule has 174 valence electrons. The van der Waals surface area contributed by atoms with E-state index in [-0.39, 0.29) is 29.6 Å². The van der Waals surface area contributed by atoms with Crippen molar-refractivity contribution in [1.82, 2.24) is 9.29 Å². The molecule has 3 aromatic rings. The standard InChI is InChI=1S/C22H18F4N2O4S/c1-11-15-4-3-12(22(29)32-2)7-18(15)27-21(20(11)26)19-16(24)8-14(9-17(19)25)33(30,31)28-6-5-13(23)10-28/h3-4,7-9,13H,5-6,10H2,1-2H3/t13-/m0/s1. The second-order valence-electron chi connectivity index (χ2n) is 7.63. The predicted octanol–water partition coefficient (Wildman–Crippen LogP) is 4.15. The van der Waals surface area contributed by atoms with Gasteiger partial charge in [0.1, 0.15) is 23.5 Å². The Hall–Kier alpha value is -3.05. The molecule has 1 saturated heterocycles. The first kappa shape index (κ1) is 23.1. The minimum absolute atomic E-state index is 0.0126. The van der Waals surface area contributed by atoms with Crippen LogP contribution in [-0.4, -0.2) is 50.0 Å². The monoisotopic (exact) mass is 482 g/mol. The normalized spacial score (nSPS) is 17.0. The van der Waals surface area contributed by atoms with Gasteiger partial charge in [-0.3, -0.25) is 0 Å². The Kier molecular flexibility index (Phi) is 5.87. The number of pyridine rings is 1. The molecule has 0 spiro atoms. The minimum atomic E-state index is -4.34. The smallest absolute Gasteiger partial charge is 0.337 e. The van der Waals surface area contributed by atoms with E-state index >= 15 is 4.39 Å². The van der Waals surface area contributed by atoms with Crippen LogP contribution in [0, 0.1) is 24.4 Å². The van der Waals surface area contributed by atoms with E-state index in [0.29, 0.717) is 17.5 Å². The summed E-state index contributed by atoms with van der Waals surface area (Å²) in [7, 11) is -3.16. The van der Waals surface area contributed by atoms with Crippen molar-refractivity contribution in [3.63, 3.8) is 0 Å². The molecule has 0 unspecified atom stereocenters. The molecule has 1 fully saturated rings. The number of rotatable bonds is 4. The number of carbonyl (C=O) groups excluding carboxylic acids is 1. The van der Waals surface area contributed by atoms with Crippen molar-refractivity contribution in [3.05, 3.63) is 58.9 Å². The van der Waals surface area contributed by atoms with Crippen LogP contribution in [0.25, 0.3) is 22.2 Å². The highest BCUT2D eigenvalue weighted by molar-refractivity contribution is 7.89. The van der Waals surface area contributed by atoms with Gasteiger partial charge in [0.15, 0.2) is 5.82 Å². The maximum atomic E-state index is 15.1. The summed E-state index contributed by atoms with van der Waals surface area (Å²) in [6.45, 7) is 0.864. The van der Waals surface area contributed by atoms with Crippen LogP contribution in [0.2, 0.25) is 0 Å². The van der Waals surface area contributed by atoms with Gasteiger partial charge in [-0.05, 0) is 43.2 Å². The lowest BCUT2D eigenvalue weighted by atomic mass is 10.0. The summed E-state index contributed by atoms with van der Waals surface area (Å²) in [5.74, 6) is -4.37. The third-order valence-corrected chi connectivity index (χ3v) is 7.42. The first-order valence-corrected chi connectivity index (χ1v) is 11.3. The second-order valence-corrected chi connectivity index (χ2v) is 9.57. The van der Waals surface area contributed by atoms with Crippen LogP contribution < -0.4 is 0 Å². The number of esters is 1. The fourth-order valence-electron chi connectivity index (χ4n) is 3.80. The Morgan fingerprint density at radius 1 is 1.15 bits per heavy atom. The zero-order valence-corrected chi connectivity index (χ0v) is 18.3. The van der Waals surface area contributed by atoms with Crippen LogP contribution in [0.15, 0.2) is 35.2 Å². The highest BCUT2D eigenvalue weighted by Crippen LogP contribution is 2.34. The minimum Gasteiger partial charge on any atom is -0.465 e. The van der Waals surface area contributed by atoms with Crippen molar-refractivity contribution < 1.29 is 35.5 Å². The van der Waals surface area contributed by atoms with Crippen LogP contribution in [0.5, 0.6) is 0 Å². The fourth-order valence-corrected chi connectivity index (χ4v) is 5.30. The highest BCUT2D eigenvalue weighted by atomic mass is 32.2. The number of hydrogen-bond donors (Lipinski definition) is 0. The molecule has 1 aliphatic rings. The van der Waals surface area contributed by atoms with Gasteiger partial charge in [0.05, 0.1) is 28.6 Å². The number of aromatic nitrogens is 1. The quantitative estimate of drug-likeness (QED) is 0.413. The molecule has 6 nitrogen and oxygen atoms in total. The van der Waals surface area contributed by atoms with Gasteiger partial charge >= 0.3 is 5.97 Å². The molecule has 11 heteroatoms. The largest absolute Gasteiger partial charge is 0.465 e. The Balaban J connectivity index is 1.86. The van der Waals surface area contributed by atoms with Crippen LogP contribution in [-0.2, 0) is 14.8 Å². The molecule has 0 aliphatic carbocycles. The summed E-state index contributed by atoms with van der Waals surface area (Å²) in [4.78, 5) is 15.1. The fraction of sp³-hybridized carbons (Fsp3) is 0.273. The summed E-state index contributed by atoms with van der Waals surface area (Å²) in [6.07, 6.45) is -1.37. The Morgan fingerprint density at radius 2 is 1.82 bits per heavy atom. The summed E-state index contributed by atoms with van der Waals surface area (Å²) >= 11 is 0. The number of aryl methyl sites for hydroxylation is 1. The van der Waals surface area contributed by atoms with Gasteiger partial charge in [0, 0.05) is 18.5 Å². The number of methoxy groups -OCH3 is 1. The Labute approximate surface area is 186 Å². The maximum Gasteiger partial charge on any atom is 0.337 e. The van der Waals surface area contributed by atoms with Crippen molar-refractivity contribution in [2.45, 2.75) is 24.4 Å². The van der Waals surface area contributed by atoms with Crippen LogP contribution in [0.3, 0.4) is 0 Å². The lowest BCUT2D eigenvalue weighted by Gasteiger charge is -2.17. The molecule has 2 aromatic carbocycles. The Bertz CT molecular complexity index is 1370. The number of benzene rings is 2. The number of alkyl halides is 1. The van der Waals surface area contributed by atoms with Crippen LogP contribution in [0.1, 0.15) is 22.3 Å². The number of sulfonamides is 1. The molecular formula is C22H18F4N2O4S. The average Bonchev–Trinajstić information content (AvgIpc) is 3.22. The topological polar surface area (TPSA) is 76.6 Å². The molecule has 1 atom stereocenters. The van der Waals surface area contributed by atoms with Crippen LogP contribution >= 0.6 is 0 Å². The third-order valence-electron chi connectivity index (χ3n) is 5.58. The molecule has 2 heterocycles. The average molecular weight is 482 g/mol. The molecule has 0 radical (unpaired) electrons. The van der Waals surface area contributed by atoms with E-state index < -0.39 is 62.3 Å². The SMILES string of the molecule is COC(=O)c1ccc2c(C)c(F)c(-c3c(F)cc(S(=O)(=O)N4CC[C@H](F)C4)cc3F)nc2c1. The van der Waals surface area contributed by atoms with E-state index in [1.165, 1.54) is 32.2 Å². The molecule has 0 saturated carbocycles. The summed E-state index contributed by atoms with van der Waals surface area (Å²) < 4.78 is 89.2. The number of carbonyl (C=O) groups is 1. The maximum absolute atomic E-state index is 15.1. The summed E-state index contributed by atoms with van der Waals surface area (Å²) in [6, 6.07) is 5.26. The van der Waals surface area contributed by atoms with Gasteiger partial charge in [-0.1, -0.05) is 6.07 Å². The van der Waals surface area contributed by atoms with Crippen molar-refractivity contribution in [2.75, 3.05) is 20.2 Å². The number of ether oxygens (including phenoxy) is 1. The van der Waals surface area contributed by atoms with Gasteiger partial charge < -0.3 is 4.74 Å². The Morgan fingerprint density at radius 3 is 2.39 bits per heavy atom. The number of fused-ring (bicyclic) bond motifs is 1. The van der Waals surface area contributed by atoms with Crippen LogP contribution in [0.4, 0.5) is 17.6 Å². The van der Waals surface area contributed by atoms with E-state index in [0.717, 1.165) is 4.31 Å². The zero-order chi connectivity index (χ0) is 24.1. The van der Waals surface area contributed by atoms with E-state index in [1.807, 2.05) is 0 Å². The van der Waals surface area contributed by atoms with Crippen molar-refractivity contribution in [1.29, 1.82) is 0 Å².